The molecule has 1 amide bonds. The maximum atomic E-state index is 12.2. The van der Waals surface area contributed by atoms with Gasteiger partial charge in [0.2, 0.25) is 5.01 Å². The van der Waals surface area contributed by atoms with Crippen LogP contribution in [0.1, 0.15) is 9.80 Å². The molecule has 126 valence electrons. The van der Waals surface area contributed by atoms with E-state index in [-0.39, 0.29) is 10.9 Å². The second kappa shape index (κ2) is 7.49. The maximum Gasteiger partial charge on any atom is 0.341 e. The van der Waals surface area contributed by atoms with Gasteiger partial charge in [0.05, 0.1) is 0 Å². The Hall–Kier alpha value is -3.33. The quantitative estimate of drug-likeness (QED) is 0.696. The summed E-state index contributed by atoms with van der Waals surface area (Å²) >= 11 is 1.18. The summed E-state index contributed by atoms with van der Waals surface area (Å²) in [5, 5.41) is 20.0. The van der Waals surface area contributed by atoms with Crippen molar-refractivity contribution in [2.75, 3.05) is 11.9 Å². The van der Waals surface area contributed by atoms with Crippen LogP contribution in [0.2, 0.25) is 0 Å². The number of hydrogen-bond acceptors (Lipinski definition) is 7. The summed E-state index contributed by atoms with van der Waals surface area (Å²) in [6.45, 7) is -0.422. The van der Waals surface area contributed by atoms with Crippen LogP contribution in [0.5, 0.6) is 5.75 Å². The maximum absolute atomic E-state index is 12.2. The third-order valence-corrected chi connectivity index (χ3v) is 3.99. The molecule has 3 rings (SSSR count). The zero-order valence-electron chi connectivity index (χ0n) is 12.7. The number of amides is 1. The topological polar surface area (TPSA) is 114 Å². The Bertz CT molecular complexity index is 881. The van der Waals surface area contributed by atoms with Crippen LogP contribution >= 0.6 is 11.3 Å². The number of pyridine rings is 1. The van der Waals surface area contributed by atoms with E-state index in [0.717, 1.165) is 5.56 Å². The van der Waals surface area contributed by atoms with Crippen LogP contribution in [0.25, 0.3) is 10.6 Å². The molecule has 2 aromatic heterocycles. The highest BCUT2D eigenvalue weighted by atomic mass is 32.1. The summed E-state index contributed by atoms with van der Waals surface area (Å²) in [4.78, 5) is 26.6. The van der Waals surface area contributed by atoms with Crippen molar-refractivity contribution < 1.29 is 19.4 Å². The van der Waals surface area contributed by atoms with Crippen molar-refractivity contribution in [3.8, 4) is 16.3 Å². The molecule has 0 unspecified atom stereocenters. The summed E-state index contributed by atoms with van der Waals surface area (Å²) in [5.74, 6) is -1.04. The number of aromatic nitrogens is 3. The Morgan fingerprint density at radius 2 is 1.80 bits per heavy atom. The van der Waals surface area contributed by atoms with Crippen LogP contribution in [0.4, 0.5) is 5.69 Å². The lowest BCUT2D eigenvalue weighted by molar-refractivity contribution is -0.139. The van der Waals surface area contributed by atoms with Crippen molar-refractivity contribution in [1.29, 1.82) is 0 Å². The molecule has 2 N–H and O–H groups in total. The molecular formula is C16H12N4O4S. The van der Waals surface area contributed by atoms with Gasteiger partial charge in [-0.3, -0.25) is 9.78 Å². The van der Waals surface area contributed by atoms with Gasteiger partial charge in [-0.2, -0.15) is 0 Å². The second-order valence-corrected chi connectivity index (χ2v) is 5.79. The predicted molar refractivity (Wildman–Crippen MR) is 90.7 cm³/mol. The van der Waals surface area contributed by atoms with E-state index >= 15 is 0 Å². The number of carboxylic acid groups (broad SMARTS) is 1. The Morgan fingerprint density at radius 1 is 1.08 bits per heavy atom. The fourth-order valence-corrected chi connectivity index (χ4v) is 2.63. The second-order valence-electron chi connectivity index (χ2n) is 4.81. The molecule has 0 fully saturated rings. The van der Waals surface area contributed by atoms with Crippen LogP contribution in [-0.4, -0.2) is 38.8 Å². The third-order valence-electron chi connectivity index (χ3n) is 3.02. The average Bonchev–Trinajstić information content (AvgIpc) is 3.12. The molecule has 0 spiro atoms. The molecule has 0 saturated heterocycles. The SMILES string of the molecule is O=C(O)COc1ccc(NC(=O)c2nnc(-c3ccncc3)s2)cc1. The summed E-state index contributed by atoms with van der Waals surface area (Å²) in [5.41, 5.74) is 1.37. The molecule has 2 heterocycles. The normalized spacial score (nSPS) is 10.2. The number of aliphatic carboxylic acids is 1. The summed E-state index contributed by atoms with van der Waals surface area (Å²) in [6.07, 6.45) is 3.29. The Labute approximate surface area is 146 Å². The van der Waals surface area contributed by atoms with Gasteiger partial charge in [0.1, 0.15) is 10.8 Å². The molecule has 8 nitrogen and oxygen atoms in total. The largest absolute Gasteiger partial charge is 0.482 e. The number of benzene rings is 1. The molecule has 0 radical (unpaired) electrons. The third kappa shape index (κ3) is 4.36. The number of carbonyl (C=O) groups excluding carboxylic acids is 1. The molecule has 3 aromatic rings. The van der Waals surface area contributed by atoms with Gasteiger partial charge < -0.3 is 15.2 Å². The summed E-state index contributed by atoms with van der Waals surface area (Å²) < 4.78 is 5.03. The molecule has 0 aliphatic carbocycles. The van der Waals surface area contributed by atoms with E-state index in [9.17, 15) is 9.59 Å². The molecule has 0 bridgehead atoms. The molecular weight excluding hydrogens is 344 g/mol. The first-order valence-corrected chi connectivity index (χ1v) is 7.93. The lowest BCUT2D eigenvalue weighted by Crippen LogP contribution is -2.12. The molecule has 25 heavy (non-hydrogen) atoms. The fourth-order valence-electron chi connectivity index (χ4n) is 1.89. The Kier molecular flexibility index (Phi) is 4.95. The first-order chi connectivity index (χ1) is 12.1. The first kappa shape index (κ1) is 16.5. The van der Waals surface area contributed by atoms with E-state index in [1.165, 1.54) is 11.3 Å². The van der Waals surface area contributed by atoms with Crippen LogP contribution in [-0.2, 0) is 4.79 Å². The van der Waals surface area contributed by atoms with Crippen LogP contribution in [0.3, 0.4) is 0 Å². The Morgan fingerprint density at radius 3 is 2.48 bits per heavy atom. The zero-order chi connectivity index (χ0) is 17.6. The molecule has 0 atom stereocenters. The standard InChI is InChI=1S/C16H12N4O4S/c21-13(22)9-24-12-3-1-11(2-4-12)18-14(23)16-20-19-15(25-16)10-5-7-17-8-6-10/h1-8H,9H2,(H,18,23)(H,21,22). The van der Waals surface area contributed by atoms with E-state index in [4.69, 9.17) is 9.84 Å². The minimum atomic E-state index is -1.06. The fraction of sp³-hybridized carbons (Fsp3) is 0.0625. The van der Waals surface area contributed by atoms with E-state index in [0.29, 0.717) is 16.4 Å². The molecule has 0 aliphatic heterocycles. The molecule has 1 aromatic carbocycles. The lowest BCUT2D eigenvalue weighted by atomic mass is 10.3. The minimum absolute atomic E-state index is 0.234. The van der Waals surface area contributed by atoms with Gasteiger partial charge in [-0.1, -0.05) is 11.3 Å². The average molecular weight is 356 g/mol. The van der Waals surface area contributed by atoms with Crippen molar-refractivity contribution in [1.82, 2.24) is 15.2 Å². The molecule has 0 aliphatic rings. The van der Waals surface area contributed by atoms with Gasteiger partial charge in [-0.25, -0.2) is 4.79 Å². The van der Waals surface area contributed by atoms with Gasteiger partial charge in [0.25, 0.3) is 5.91 Å². The van der Waals surface area contributed by atoms with Crippen molar-refractivity contribution in [3.63, 3.8) is 0 Å². The highest BCUT2D eigenvalue weighted by Crippen LogP contribution is 2.23. The van der Waals surface area contributed by atoms with Crippen molar-refractivity contribution in [3.05, 3.63) is 53.8 Å². The lowest BCUT2D eigenvalue weighted by Gasteiger charge is -2.05. The van der Waals surface area contributed by atoms with Crippen LogP contribution in [0.15, 0.2) is 48.8 Å². The number of rotatable bonds is 6. The van der Waals surface area contributed by atoms with Crippen LogP contribution < -0.4 is 10.1 Å². The zero-order valence-corrected chi connectivity index (χ0v) is 13.6. The van der Waals surface area contributed by atoms with E-state index in [1.807, 2.05) is 0 Å². The van der Waals surface area contributed by atoms with Gasteiger partial charge in [-0.05, 0) is 36.4 Å². The summed E-state index contributed by atoms with van der Waals surface area (Å²) in [7, 11) is 0. The molecule has 0 saturated carbocycles. The van der Waals surface area contributed by atoms with E-state index in [1.54, 1.807) is 48.8 Å². The van der Waals surface area contributed by atoms with Gasteiger partial charge in [0.15, 0.2) is 6.61 Å². The van der Waals surface area contributed by atoms with Crippen molar-refractivity contribution in [2.45, 2.75) is 0 Å². The summed E-state index contributed by atoms with van der Waals surface area (Å²) in [6, 6.07) is 9.94. The van der Waals surface area contributed by atoms with Gasteiger partial charge in [-0.15, -0.1) is 10.2 Å². The number of nitrogens with zero attached hydrogens (tertiary/aromatic N) is 3. The number of hydrogen-bond donors (Lipinski definition) is 2. The Balaban J connectivity index is 1.64. The van der Waals surface area contributed by atoms with E-state index < -0.39 is 12.6 Å². The number of nitrogens with one attached hydrogen (secondary N) is 1. The monoisotopic (exact) mass is 356 g/mol. The number of ether oxygens (including phenoxy) is 1. The predicted octanol–water partition coefficient (Wildman–Crippen LogP) is 2.32. The number of anilines is 1. The minimum Gasteiger partial charge on any atom is -0.482 e. The van der Waals surface area contributed by atoms with Gasteiger partial charge >= 0.3 is 5.97 Å². The number of carbonyl (C=O) groups is 2. The molecule has 9 heteroatoms. The highest BCUT2D eigenvalue weighted by Gasteiger charge is 2.14. The first-order valence-electron chi connectivity index (χ1n) is 7.12. The van der Waals surface area contributed by atoms with Crippen molar-refractivity contribution >= 4 is 28.9 Å². The van der Waals surface area contributed by atoms with Crippen LogP contribution in [0, 0.1) is 0 Å². The number of carboxylic acids is 1. The van der Waals surface area contributed by atoms with Crippen molar-refractivity contribution in [2.24, 2.45) is 0 Å². The smallest absolute Gasteiger partial charge is 0.341 e. The van der Waals surface area contributed by atoms with E-state index in [2.05, 4.69) is 20.5 Å². The van der Waals surface area contributed by atoms with Gasteiger partial charge in [0, 0.05) is 23.6 Å². The highest BCUT2D eigenvalue weighted by molar-refractivity contribution is 7.16.